The second-order valence-electron chi connectivity index (χ2n) is 4.39. The zero-order chi connectivity index (χ0) is 15.6. The van der Waals surface area contributed by atoms with Gasteiger partial charge in [-0.3, -0.25) is 0 Å². The van der Waals surface area contributed by atoms with Gasteiger partial charge in [-0.15, -0.1) is 0 Å². The van der Waals surface area contributed by atoms with Crippen LogP contribution in [-0.4, -0.2) is 12.2 Å². The Hall–Kier alpha value is -2.08. The van der Waals surface area contributed by atoms with Crippen LogP contribution in [0.25, 0.3) is 0 Å². The van der Waals surface area contributed by atoms with E-state index in [1.807, 2.05) is 0 Å². The Morgan fingerprint density at radius 2 is 1.67 bits per heavy atom. The van der Waals surface area contributed by atoms with E-state index in [2.05, 4.69) is 0 Å². The molecule has 0 fully saturated rings. The number of aliphatic hydroxyl groups excluding tert-OH is 1. The van der Waals surface area contributed by atoms with Crippen molar-refractivity contribution in [3.05, 3.63) is 65.0 Å². The first-order valence-electron chi connectivity index (χ1n) is 6.02. The lowest BCUT2D eigenvalue weighted by atomic mass is 9.99. The highest BCUT2D eigenvalue weighted by Gasteiger charge is 2.30. The largest absolute Gasteiger partial charge is 0.494 e. The van der Waals surface area contributed by atoms with Gasteiger partial charge in [0.1, 0.15) is 6.10 Å². The van der Waals surface area contributed by atoms with Crippen LogP contribution in [0.15, 0.2) is 42.5 Å². The van der Waals surface area contributed by atoms with E-state index < -0.39 is 23.7 Å². The predicted octanol–water partition coefficient (Wildman–Crippen LogP) is 3.93. The summed E-state index contributed by atoms with van der Waals surface area (Å²) in [5.41, 5.74) is -0.728. The van der Waals surface area contributed by atoms with E-state index in [1.54, 1.807) is 0 Å². The number of benzene rings is 2. The maximum Gasteiger partial charge on any atom is 0.416 e. The summed E-state index contributed by atoms with van der Waals surface area (Å²) in [5, 5.41) is 10.1. The van der Waals surface area contributed by atoms with Crippen LogP contribution in [-0.2, 0) is 6.18 Å². The molecule has 1 atom stereocenters. The van der Waals surface area contributed by atoms with Crippen molar-refractivity contribution in [1.82, 2.24) is 0 Å². The number of halogens is 4. The van der Waals surface area contributed by atoms with E-state index in [0.29, 0.717) is 0 Å². The van der Waals surface area contributed by atoms with Gasteiger partial charge >= 0.3 is 6.18 Å². The van der Waals surface area contributed by atoms with Gasteiger partial charge in [-0.25, -0.2) is 4.39 Å². The van der Waals surface area contributed by atoms with Crippen molar-refractivity contribution in [3.63, 3.8) is 0 Å². The number of alkyl halides is 3. The van der Waals surface area contributed by atoms with Crippen LogP contribution in [0.3, 0.4) is 0 Å². The summed E-state index contributed by atoms with van der Waals surface area (Å²) in [6.07, 6.45) is -5.83. The van der Waals surface area contributed by atoms with E-state index in [1.165, 1.54) is 25.3 Å². The standard InChI is InChI=1S/C15H12F4O2/c1-21-12-4-2-3-11(13(12)16)14(20)9-5-7-10(8-6-9)15(17,18)19/h2-8,14,20H,1H3. The number of aliphatic hydroxyl groups is 1. The average Bonchev–Trinajstić information content (AvgIpc) is 2.46. The van der Waals surface area contributed by atoms with Gasteiger partial charge in [-0.2, -0.15) is 13.2 Å². The number of ether oxygens (including phenoxy) is 1. The van der Waals surface area contributed by atoms with Gasteiger partial charge in [0.05, 0.1) is 12.7 Å². The maximum absolute atomic E-state index is 14.0. The van der Waals surface area contributed by atoms with Crippen molar-refractivity contribution >= 4 is 0 Å². The summed E-state index contributed by atoms with van der Waals surface area (Å²) in [7, 11) is 1.28. The number of hydrogen-bond donors (Lipinski definition) is 1. The minimum atomic E-state index is -4.45. The van der Waals surface area contributed by atoms with E-state index in [9.17, 15) is 22.7 Å². The van der Waals surface area contributed by atoms with Gasteiger partial charge in [0.2, 0.25) is 0 Å². The van der Waals surface area contributed by atoms with Crippen LogP contribution in [0.2, 0.25) is 0 Å². The van der Waals surface area contributed by atoms with Crippen LogP contribution in [0.5, 0.6) is 5.75 Å². The molecule has 6 heteroatoms. The molecule has 2 aromatic rings. The summed E-state index contributed by atoms with van der Waals surface area (Å²) < 4.78 is 56.2. The van der Waals surface area contributed by atoms with Crippen molar-refractivity contribution < 1.29 is 27.4 Å². The summed E-state index contributed by atoms with van der Waals surface area (Å²) in [5.74, 6) is -0.786. The minimum Gasteiger partial charge on any atom is -0.494 e. The lowest BCUT2D eigenvalue weighted by Gasteiger charge is -2.15. The van der Waals surface area contributed by atoms with Crippen LogP contribution in [0.1, 0.15) is 22.8 Å². The maximum atomic E-state index is 14.0. The molecule has 0 aromatic heterocycles. The highest BCUT2D eigenvalue weighted by Crippen LogP contribution is 2.32. The molecule has 1 unspecified atom stereocenters. The molecule has 0 aliphatic heterocycles. The summed E-state index contributed by atoms with van der Waals surface area (Å²) in [6, 6.07) is 8.15. The van der Waals surface area contributed by atoms with E-state index >= 15 is 0 Å². The van der Waals surface area contributed by atoms with Crippen molar-refractivity contribution in [2.24, 2.45) is 0 Å². The average molecular weight is 300 g/mol. The predicted molar refractivity (Wildman–Crippen MR) is 68.5 cm³/mol. The van der Waals surface area contributed by atoms with Gasteiger partial charge in [0.25, 0.3) is 0 Å². The molecule has 0 radical (unpaired) electrons. The molecule has 0 heterocycles. The van der Waals surface area contributed by atoms with Crippen LogP contribution >= 0.6 is 0 Å². The third-order valence-corrected chi connectivity index (χ3v) is 3.06. The van der Waals surface area contributed by atoms with E-state index in [4.69, 9.17) is 4.74 Å². The molecule has 2 aromatic carbocycles. The fourth-order valence-electron chi connectivity index (χ4n) is 1.93. The number of hydrogen-bond acceptors (Lipinski definition) is 2. The first-order valence-corrected chi connectivity index (χ1v) is 6.02. The van der Waals surface area contributed by atoms with Gasteiger partial charge in [0.15, 0.2) is 11.6 Å². The van der Waals surface area contributed by atoms with Crippen molar-refractivity contribution in [3.8, 4) is 5.75 Å². The minimum absolute atomic E-state index is 0.0431. The van der Waals surface area contributed by atoms with Gasteiger partial charge in [-0.05, 0) is 23.8 Å². The number of rotatable bonds is 3. The topological polar surface area (TPSA) is 29.5 Å². The van der Waals surface area contributed by atoms with Gasteiger partial charge in [-0.1, -0.05) is 24.3 Å². The molecule has 21 heavy (non-hydrogen) atoms. The highest BCUT2D eigenvalue weighted by atomic mass is 19.4. The molecule has 0 saturated carbocycles. The first-order chi connectivity index (χ1) is 9.84. The molecule has 2 rings (SSSR count). The molecule has 112 valence electrons. The summed E-state index contributed by atoms with van der Waals surface area (Å²) >= 11 is 0. The SMILES string of the molecule is COc1cccc(C(O)c2ccc(C(F)(F)F)cc2)c1F. The molecule has 0 aliphatic rings. The molecule has 0 amide bonds. The van der Waals surface area contributed by atoms with Gasteiger partial charge < -0.3 is 9.84 Å². The highest BCUT2D eigenvalue weighted by molar-refractivity contribution is 5.38. The summed E-state index contributed by atoms with van der Waals surface area (Å²) in [4.78, 5) is 0. The molecule has 2 nitrogen and oxygen atoms in total. The first kappa shape index (κ1) is 15.3. The number of methoxy groups -OCH3 is 1. The monoisotopic (exact) mass is 300 g/mol. The normalized spacial score (nSPS) is 13.0. The van der Waals surface area contributed by atoms with Crippen LogP contribution < -0.4 is 4.74 Å². The molecule has 0 spiro atoms. The second kappa shape index (κ2) is 5.73. The smallest absolute Gasteiger partial charge is 0.416 e. The molecule has 0 saturated heterocycles. The Morgan fingerprint density at radius 3 is 2.19 bits per heavy atom. The zero-order valence-electron chi connectivity index (χ0n) is 11.0. The van der Waals surface area contributed by atoms with Crippen molar-refractivity contribution in [2.75, 3.05) is 7.11 Å². The third kappa shape index (κ3) is 3.16. The molecule has 0 bridgehead atoms. The zero-order valence-corrected chi connectivity index (χ0v) is 11.0. The van der Waals surface area contributed by atoms with Crippen LogP contribution in [0, 0.1) is 5.82 Å². The summed E-state index contributed by atoms with van der Waals surface area (Å²) in [6.45, 7) is 0. The Labute approximate surface area is 118 Å². The lowest BCUT2D eigenvalue weighted by molar-refractivity contribution is -0.137. The Kier molecular flexibility index (Phi) is 4.18. The van der Waals surface area contributed by atoms with Crippen LogP contribution in [0.4, 0.5) is 17.6 Å². The fraction of sp³-hybridized carbons (Fsp3) is 0.200. The third-order valence-electron chi connectivity index (χ3n) is 3.06. The quantitative estimate of drug-likeness (QED) is 0.870. The van der Waals surface area contributed by atoms with Crippen molar-refractivity contribution in [1.29, 1.82) is 0 Å². The lowest BCUT2D eigenvalue weighted by Crippen LogP contribution is -2.07. The van der Waals surface area contributed by atoms with E-state index in [-0.39, 0.29) is 16.9 Å². The Bertz CT molecular complexity index is 621. The molecular formula is C15H12F4O2. The Morgan fingerprint density at radius 1 is 1.05 bits per heavy atom. The van der Waals surface area contributed by atoms with Gasteiger partial charge in [0, 0.05) is 5.56 Å². The fourth-order valence-corrected chi connectivity index (χ4v) is 1.93. The Balaban J connectivity index is 2.34. The van der Waals surface area contributed by atoms with Crippen molar-refractivity contribution in [2.45, 2.75) is 12.3 Å². The molecule has 0 aliphatic carbocycles. The molecular weight excluding hydrogens is 288 g/mol. The second-order valence-corrected chi connectivity index (χ2v) is 4.39. The molecule has 1 N–H and O–H groups in total. The van der Waals surface area contributed by atoms with E-state index in [0.717, 1.165) is 24.3 Å².